The lowest BCUT2D eigenvalue weighted by Gasteiger charge is -2.22. The number of hydrogen-bond donors (Lipinski definition) is 3. The quantitative estimate of drug-likeness (QED) is 0.338. The minimum atomic E-state index is -3.51. The molecule has 0 saturated carbocycles. The highest BCUT2D eigenvalue weighted by Crippen LogP contribution is 2.36. The Labute approximate surface area is 200 Å². The first-order valence-corrected chi connectivity index (χ1v) is 12.9. The van der Waals surface area contributed by atoms with Gasteiger partial charge >= 0.3 is 0 Å². The average molecular weight is 495 g/mol. The van der Waals surface area contributed by atoms with Gasteiger partial charge in [-0.1, -0.05) is 31.2 Å². The molecule has 0 aliphatic heterocycles. The molecular formula is C24H23FN5O4P. The van der Waals surface area contributed by atoms with Crippen molar-refractivity contribution < 1.29 is 18.6 Å². The molecule has 2 unspecified atom stereocenters. The second-order valence-corrected chi connectivity index (χ2v) is 10.2. The zero-order valence-electron chi connectivity index (χ0n) is 19.0. The van der Waals surface area contributed by atoms with Crippen molar-refractivity contribution in [2.45, 2.75) is 19.4 Å². The number of benzene rings is 2. The smallest absolute Gasteiger partial charge is 0.265 e. The lowest BCUT2D eigenvalue weighted by atomic mass is 9.96. The molecule has 1 amide bonds. The van der Waals surface area contributed by atoms with Crippen molar-refractivity contribution in [3.8, 4) is 5.95 Å². The molecule has 0 aliphatic rings. The van der Waals surface area contributed by atoms with Crippen molar-refractivity contribution in [2.24, 2.45) is 0 Å². The first-order valence-electron chi connectivity index (χ1n) is 10.8. The van der Waals surface area contributed by atoms with Crippen LogP contribution in [0.2, 0.25) is 0 Å². The maximum Gasteiger partial charge on any atom is 0.265 e. The van der Waals surface area contributed by atoms with E-state index in [1.54, 1.807) is 30.5 Å². The van der Waals surface area contributed by atoms with E-state index in [2.05, 4.69) is 20.4 Å². The topological polar surface area (TPSA) is 130 Å². The number of aromatic nitrogens is 4. The number of carbonyl (C=O) groups excluding carboxylic acids is 1. The summed E-state index contributed by atoms with van der Waals surface area (Å²) < 4.78 is 27.2. The molecule has 3 N–H and O–H groups in total. The molecule has 0 aliphatic carbocycles. The van der Waals surface area contributed by atoms with E-state index in [1.807, 2.05) is 6.92 Å². The Hall–Kier alpha value is -3.88. The number of H-pyrrole nitrogens is 1. The van der Waals surface area contributed by atoms with E-state index in [0.717, 1.165) is 6.20 Å². The fraction of sp³-hybridized carbons (Fsp3) is 0.167. The minimum absolute atomic E-state index is 0.155. The predicted octanol–water partition coefficient (Wildman–Crippen LogP) is 2.70. The third kappa shape index (κ3) is 5.29. The van der Waals surface area contributed by atoms with Crippen LogP contribution in [0.1, 0.15) is 40.0 Å². The van der Waals surface area contributed by atoms with Crippen molar-refractivity contribution in [1.29, 1.82) is 0 Å². The molecule has 0 bridgehead atoms. The number of aromatic amines is 1. The van der Waals surface area contributed by atoms with E-state index < -0.39 is 30.7 Å². The summed E-state index contributed by atoms with van der Waals surface area (Å²) in [5, 5.41) is 7.14. The maximum atomic E-state index is 13.6. The largest absolute Gasteiger partial charge is 0.341 e. The number of nitrogens with zero attached hydrogens (tertiary/aromatic N) is 3. The van der Waals surface area contributed by atoms with Crippen molar-refractivity contribution in [3.05, 3.63) is 106 Å². The number of carbonyl (C=O) groups is 1. The van der Waals surface area contributed by atoms with Crippen molar-refractivity contribution in [1.82, 2.24) is 25.1 Å². The Bertz CT molecular complexity index is 1460. The monoisotopic (exact) mass is 495 g/mol. The number of nitrogens with one attached hydrogen (secondary N) is 2. The maximum absolute atomic E-state index is 13.6. The van der Waals surface area contributed by atoms with Crippen molar-refractivity contribution in [2.75, 3.05) is 6.66 Å². The van der Waals surface area contributed by atoms with Gasteiger partial charge in [-0.3, -0.25) is 19.1 Å². The second-order valence-electron chi connectivity index (χ2n) is 7.98. The van der Waals surface area contributed by atoms with Crippen LogP contribution in [-0.4, -0.2) is 37.2 Å². The molecule has 4 aromatic rings. The molecule has 180 valence electrons. The Morgan fingerprint density at radius 2 is 1.94 bits per heavy atom. The zero-order valence-corrected chi connectivity index (χ0v) is 19.9. The van der Waals surface area contributed by atoms with Crippen LogP contribution in [0.3, 0.4) is 0 Å². The highest BCUT2D eigenvalue weighted by molar-refractivity contribution is 7.65. The molecular weight excluding hydrogens is 472 g/mol. The van der Waals surface area contributed by atoms with Crippen molar-refractivity contribution in [3.63, 3.8) is 0 Å². The van der Waals surface area contributed by atoms with Gasteiger partial charge in [-0.25, -0.2) is 14.1 Å². The fourth-order valence-corrected chi connectivity index (χ4v) is 4.86. The number of hydrogen-bond acceptors (Lipinski definition) is 5. The third-order valence-electron chi connectivity index (χ3n) is 5.50. The van der Waals surface area contributed by atoms with Gasteiger partial charge in [-0.05, 0) is 47.4 Å². The molecule has 11 heteroatoms. The second kappa shape index (κ2) is 9.77. The van der Waals surface area contributed by atoms with Crippen molar-refractivity contribution >= 4 is 18.6 Å². The first kappa shape index (κ1) is 24.3. The van der Waals surface area contributed by atoms with Crippen LogP contribution in [0.5, 0.6) is 0 Å². The van der Waals surface area contributed by atoms with E-state index in [9.17, 15) is 23.4 Å². The lowest BCUT2D eigenvalue weighted by Crippen LogP contribution is -2.34. The number of amides is 1. The van der Waals surface area contributed by atoms with Gasteiger partial charge in [0.2, 0.25) is 13.3 Å². The van der Waals surface area contributed by atoms with Gasteiger partial charge in [0, 0.05) is 30.6 Å². The summed E-state index contributed by atoms with van der Waals surface area (Å²) in [7, 11) is -3.51. The SMILES string of the molecule is CCc1cc(C(NC(=O)c2cnc(-n3cccn3)[nH]c2=O)c2ccc(F)cc2)ccc1P(C)(=O)O. The minimum Gasteiger partial charge on any atom is -0.341 e. The highest BCUT2D eigenvalue weighted by atomic mass is 31.2. The lowest BCUT2D eigenvalue weighted by molar-refractivity contribution is 0.0941. The van der Waals surface area contributed by atoms with E-state index in [1.165, 1.54) is 41.8 Å². The Balaban J connectivity index is 1.72. The van der Waals surface area contributed by atoms with Crippen LogP contribution in [0, 0.1) is 5.82 Å². The molecule has 0 fully saturated rings. The van der Waals surface area contributed by atoms with E-state index >= 15 is 0 Å². The summed E-state index contributed by atoms with van der Waals surface area (Å²) in [6.45, 7) is 3.13. The van der Waals surface area contributed by atoms with Gasteiger partial charge in [-0.15, -0.1) is 0 Å². The highest BCUT2D eigenvalue weighted by Gasteiger charge is 2.24. The van der Waals surface area contributed by atoms with Crippen LogP contribution in [0.25, 0.3) is 5.95 Å². The third-order valence-corrected chi connectivity index (χ3v) is 6.83. The fourth-order valence-electron chi connectivity index (χ4n) is 3.75. The van der Waals surface area contributed by atoms with Gasteiger partial charge in [0.05, 0.1) is 6.04 Å². The van der Waals surface area contributed by atoms with Gasteiger partial charge in [0.1, 0.15) is 11.4 Å². The van der Waals surface area contributed by atoms with Crippen LogP contribution in [0.4, 0.5) is 4.39 Å². The molecule has 2 aromatic carbocycles. The molecule has 2 heterocycles. The summed E-state index contributed by atoms with van der Waals surface area (Å²) in [5.74, 6) is -0.973. The number of aryl methyl sites for hydroxylation is 1. The summed E-state index contributed by atoms with van der Waals surface area (Å²) in [5.41, 5.74) is 0.957. The standard InChI is InChI=1S/C24H23FN5O4P/c1-3-15-13-17(7-10-20(15)35(2,33)34)21(16-5-8-18(25)9-6-16)28-22(31)19-14-26-24(29-23(19)32)30-12-4-11-27-30/h4-14,21H,3H2,1-2H3,(H,28,31)(H,33,34)(H,26,29,32). The molecule has 35 heavy (non-hydrogen) atoms. The summed E-state index contributed by atoms with van der Waals surface area (Å²) in [6.07, 6.45) is 4.77. The van der Waals surface area contributed by atoms with Crippen LogP contribution < -0.4 is 16.2 Å². The Morgan fingerprint density at radius 1 is 1.23 bits per heavy atom. The van der Waals surface area contributed by atoms with Gasteiger partial charge in [-0.2, -0.15) is 5.10 Å². The Kier molecular flexibility index (Phi) is 6.77. The van der Waals surface area contributed by atoms with Crippen LogP contribution in [-0.2, 0) is 11.0 Å². The number of rotatable bonds is 7. The molecule has 4 rings (SSSR count). The molecule has 0 saturated heterocycles. The summed E-state index contributed by atoms with van der Waals surface area (Å²) in [4.78, 5) is 42.5. The summed E-state index contributed by atoms with van der Waals surface area (Å²) in [6, 6.07) is 11.4. The molecule has 9 nitrogen and oxygen atoms in total. The predicted molar refractivity (Wildman–Crippen MR) is 129 cm³/mol. The summed E-state index contributed by atoms with van der Waals surface area (Å²) >= 11 is 0. The van der Waals surface area contributed by atoms with Gasteiger partial charge in [0.15, 0.2) is 0 Å². The first-order chi connectivity index (χ1) is 16.7. The van der Waals surface area contributed by atoms with Gasteiger partial charge < -0.3 is 10.2 Å². The molecule has 2 aromatic heterocycles. The normalized spacial score (nSPS) is 13.7. The molecule has 0 spiro atoms. The van der Waals surface area contributed by atoms with E-state index in [4.69, 9.17) is 0 Å². The van der Waals surface area contributed by atoms with Crippen LogP contribution in [0.15, 0.2) is 71.9 Å². The molecule has 2 atom stereocenters. The average Bonchev–Trinajstić information content (AvgIpc) is 3.37. The van der Waals surface area contributed by atoms with E-state index in [0.29, 0.717) is 28.4 Å². The Morgan fingerprint density at radius 3 is 2.54 bits per heavy atom. The molecule has 0 radical (unpaired) electrons. The van der Waals surface area contributed by atoms with Crippen LogP contribution >= 0.6 is 7.37 Å². The van der Waals surface area contributed by atoms with E-state index in [-0.39, 0.29) is 11.5 Å². The van der Waals surface area contributed by atoms with Gasteiger partial charge in [0.25, 0.3) is 11.5 Å². The zero-order chi connectivity index (χ0) is 25.2. The number of halogens is 1.